The molecule has 7 heteroatoms. The van der Waals surface area contributed by atoms with E-state index in [4.69, 9.17) is 4.52 Å². The normalized spacial score (nSPS) is 11.6. The third-order valence-corrected chi connectivity index (χ3v) is 4.70. The third-order valence-electron chi connectivity index (χ3n) is 4.70. The van der Waals surface area contributed by atoms with Crippen molar-refractivity contribution < 1.29 is 9.32 Å². The molecule has 0 aliphatic rings. The van der Waals surface area contributed by atoms with Gasteiger partial charge in [-0.3, -0.25) is 4.79 Å². The van der Waals surface area contributed by atoms with Crippen LogP contribution in [-0.4, -0.2) is 36.7 Å². The zero-order valence-electron chi connectivity index (χ0n) is 17.9. The molecule has 1 heterocycles. The molecule has 2 aromatic rings. The quantitative estimate of drug-likeness (QED) is 0.324. The average Bonchev–Trinajstić information content (AvgIpc) is 3.18. The van der Waals surface area contributed by atoms with Crippen molar-refractivity contribution in [3.05, 3.63) is 52.9 Å². The van der Waals surface area contributed by atoms with Crippen LogP contribution in [0.3, 0.4) is 0 Å². The summed E-state index contributed by atoms with van der Waals surface area (Å²) in [6, 6.07) is 9.54. The highest BCUT2D eigenvalue weighted by Crippen LogP contribution is 2.22. The molecule has 1 aromatic carbocycles. The highest BCUT2D eigenvalue weighted by molar-refractivity contribution is 5.94. The summed E-state index contributed by atoms with van der Waals surface area (Å²) in [6.45, 7) is 10.5. The maximum Gasteiger partial charge on any atom is 0.251 e. The smallest absolute Gasteiger partial charge is 0.251 e. The van der Waals surface area contributed by atoms with Gasteiger partial charge < -0.3 is 20.5 Å². The van der Waals surface area contributed by atoms with Crippen LogP contribution in [0.4, 0.5) is 0 Å². The van der Waals surface area contributed by atoms with E-state index in [1.54, 1.807) is 0 Å². The van der Waals surface area contributed by atoms with E-state index in [-0.39, 0.29) is 5.91 Å². The van der Waals surface area contributed by atoms with Crippen molar-refractivity contribution in [2.24, 2.45) is 4.99 Å². The van der Waals surface area contributed by atoms with Crippen molar-refractivity contribution in [3.8, 4) is 0 Å². The summed E-state index contributed by atoms with van der Waals surface area (Å²) in [5, 5.41) is 13.5. The molecule has 158 valence electrons. The minimum Gasteiger partial charge on any atom is -0.359 e. The number of guanidine groups is 1. The Balaban J connectivity index is 1.82. The maximum atomic E-state index is 12.2. The van der Waals surface area contributed by atoms with Gasteiger partial charge in [0.05, 0.1) is 5.69 Å². The van der Waals surface area contributed by atoms with Crippen molar-refractivity contribution in [2.45, 2.75) is 53.0 Å². The lowest BCUT2D eigenvalue weighted by Gasteiger charge is -2.11. The number of amides is 1. The lowest BCUT2D eigenvalue weighted by Crippen LogP contribution is -2.41. The van der Waals surface area contributed by atoms with Gasteiger partial charge in [-0.25, -0.2) is 4.99 Å². The lowest BCUT2D eigenvalue weighted by atomic mass is 9.99. The van der Waals surface area contributed by atoms with Gasteiger partial charge in [-0.2, -0.15) is 0 Å². The summed E-state index contributed by atoms with van der Waals surface area (Å²) in [6.07, 6.45) is 2.09. The zero-order chi connectivity index (χ0) is 21.1. The van der Waals surface area contributed by atoms with Gasteiger partial charge in [-0.15, -0.1) is 0 Å². The SMILES string of the molecule is CCNC(=NCc1cc(C(CC)CC)no1)NCCNC(=O)c1cccc(C)c1. The number of aliphatic imine (C=N–C) groups is 1. The molecule has 29 heavy (non-hydrogen) atoms. The highest BCUT2D eigenvalue weighted by Gasteiger charge is 2.12. The Morgan fingerprint density at radius 2 is 1.86 bits per heavy atom. The fourth-order valence-corrected chi connectivity index (χ4v) is 3.05. The fourth-order valence-electron chi connectivity index (χ4n) is 3.05. The number of nitrogens with zero attached hydrogens (tertiary/aromatic N) is 2. The summed E-state index contributed by atoms with van der Waals surface area (Å²) in [5.41, 5.74) is 2.73. The highest BCUT2D eigenvalue weighted by atomic mass is 16.5. The number of rotatable bonds is 10. The number of hydrogen-bond donors (Lipinski definition) is 3. The van der Waals surface area contributed by atoms with Crippen molar-refractivity contribution in [1.82, 2.24) is 21.1 Å². The van der Waals surface area contributed by atoms with Crippen molar-refractivity contribution in [2.75, 3.05) is 19.6 Å². The molecule has 0 atom stereocenters. The number of aromatic nitrogens is 1. The van der Waals surface area contributed by atoms with E-state index < -0.39 is 0 Å². The van der Waals surface area contributed by atoms with E-state index >= 15 is 0 Å². The first kappa shape index (κ1) is 22.5. The molecule has 2 rings (SSSR count). The largest absolute Gasteiger partial charge is 0.359 e. The van der Waals surface area contributed by atoms with Crippen molar-refractivity contribution in [1.29, 1.82) is 0 Å². The Bertz CT molecular complexity index is 796. The third kappa shape index (κ3) is 7.25. The number of benzene rings is 1. The minimum atomic E-state index is -0.0759. The second kappa shape index (κ2) is 11.9. The topological polar surface area (TPSA) is 91.6 Å². The molecule has 0 radical (unpaired) electrons. The van der Waals surface area contributed by atoms with Gasteiger partial charge in [0.15, 0.2) is 11.7 Å². The predicted octanol–water partition coefficient (Wildman–Crippen LogP) is 3.37. The number of hydrogen-bond acceptors (Lipinski definition) is 4. The second-order valence-corrected chi connectivity index (χ2v) is 6.98. The Morgan fingerprint density at radius 3 is 2.55 bits per heavy atom. The summed E-state index contributed by atoms with van der Waals surface area (Å²) >= 11 is 0. The summed E-state index contributed by atoms with van der Waals surface area (Å²) < 4.78 is 5.42. The first-order valence-corrected chi connectivity index (χ1v) is 10.4. The van der Waals surface area contributed by atoms with Gasteiger partial charge in [0.25, 0.3) is 5.91 Å². The molecule has 0 aliphatic carbocycles. The monoisotopic (exact) mass is 399 g/mol. The molecule has 3 N–H and O–H groups in total. The molecule has 1 amide bonds. The van der Waals surface area contributed by atoms with E-state index in [1.165, 1.54) is 0 Å². The molecular formula is C22H33N5O2. The summed E-state index contributed by atoms with van der Waals surface area (Å²) in [4.78, 5) is 16.7. The van der Waals surface area contributed by atoms with E-state index in [0.717, 1.165) is 36.4 Å². The summed E-state index contributed by atoms with van der Waals surface area (Å²) in [5.74, 6) is 1.78. The van der Waals surface area contributed by atoms with Crippen LogP contribution in [0.1, 0.15) is 66.9 Å². The minimum absolute atomic E-state index is 0.0759. The lowest BCUT2D eigenvalue weighted by molar-refractivity contribution is 0.0954. The van der Waals surface area contributed by atoms with E-state index in [0.29, 0.717) is 37.1 Å². The maximum absolute atomic E-state index is 12.2. The molecule has 1 aromatic heterocycles. The van der Waals surface area contributed by atoms with Crippen LogP contribution in [0.25, 0.3) is 0 Å². The average molecular weight is 400 g/mol. The number of carbonyl (C=O) groups is 1. The molecule has 0 fully saturated rings. The number of carbonyl (C=O) groups excluding carboxylic acids is 1. The molecule has 0 aliphatic heterocycles. The first-order chi connectivity index (χ1) is 14.1. The van der Waals surface area contributed by atoms with Crippen LogP contribution in [0.5, 0.6) is 0 Å². The first-order valence-electron chi connectivity index (χ1n) is 10.4. The standard InChI is InChI=1S/C22H33N5O2/c1-5-17(6-2)20-14-19(29-27-20)15-26-22(23-7-3)25-12-11-24-21(28)18-10-8-9-16(4)13-18/h8-10,13-14,17H,5-7,11-12,15H2,1-4H3,(H,24,28)(H2,23,25,26). The molecule has 0 spiro atoms. The molecule has 0 bridgehead atoms. The number of aryl methyl sites for hydroxylation is 1. The van der Waals surface area contributed by atoms with Crippen LogP contribution in [-0.2, 0) is 6.54 Å². The Labute approximate surface area is 173 Å². The molecule has 0 saturated heterocycles. The van der Waals surface area contributed by atoms with Gasteiger partial charge in [0, 0.05) is 37.2 Å². The van der Waals surface area contributed by atoms with Crippen LogP contribution in [0, 0.1) is 6.92 Å². The molecular weight excluding hydrogens is 366 g/mol. The zero-order valence-corrected chi connectivity index (χ0v) is 17.9. The van der Waals surface area contributed by atoms with Crippen LogP contribution in [0.2, 0.25) is 0 Å². The Morgan fingerprint density at radius 1 is 1.10 bits per heavy atom. The van der Waals surface area contributed by atoms with Gasteiger partial charge in [0.1, 0.15) is 6.54 Å². The second-order valence-electron chi connectivity index (χ2n) is 6.98. The molecule has 7 nitrogen and oxygen atoms in total. The van der Waals surface area contributed by atoms with Gasteiger partial charge in [-0.1, -0.05) is 36.7 Å². The van der Waals surface area contributed by atoms with Gasteiger partial charge in [0.2, 0.25) is 0 Å². The molecule has 0 unspecified atom stereocenters. The van der Waals surface area contributed by atoms with Gasteiger partial charge >= 0.3 is 0 Å². The number of nitrogens with one attached hydrogen (secondary N) is 3. The summed E-state index contributed by atoms with van der Waals surface area (Å²) in [7, 11) is 0. The van der Waals surface area contributed by atoms with Crippen molar-refractivity contribution >= 4 is 11.9 Å². The van der Waals surface area contributed by atoms with Crippen LogP contribution >= 0.6 is 0 Å². The van der Waals surface area contributed by atoms with Gasteiger partial charge in [-0.05, 0) is 38.8 Å². The van der Waals surface area contributed by atoms with E-state index in [1.807, 2.05) is 44.2 Å². The van der Waals surface area contributed by atoms with Crippen LogP contribution < -0.4 is 16.0 Å². The van der Waals surface area contributed by atoms with E-state index in [9.17, 15) is 4.79 Å². The predicted molar refractivity (Wildman–Crippen MR) is 116 cm³/mol. The van der Waals surface area contributed by atoms with Crippen LogP contribution in [0.15, 0.2) is 39.8 Å². The van der Waals surface area contributed by atoms with Crippen molar-refractivity contribution in [3.63, 3.8) is 0 Å². The fraction of sp³-hybridized carbons (Fsp3) is 0.500. The molecule has 0 saturated carbocycles. The Kier molecular flexibility index (Phi) is 9.21. The van der Waals surface area contributed by atoms with E-state index in [2.05, 4.69) is 39.9 Å². The Hall–Kier alpha value is -2.83.